The number of rotatable bonds is 8. The van der Waals surface area contributed by atoms with Crippen LogP contribution in [0.2, 0.25) is 0 Å². The average molecular weight is 445 g/mol. The Labute approximate surface area is 180 Å². The van der Waals surface area contributed by atoms with Crippen LogP contribution < -0.4 is 29.0 Å². The van der Waals surface area contributed by atoms with E-state index in [0.29, 0.717) is 28.3 Å². The van der Waals surface area contributed by atoms with E-state index < -0.39 is 16.3 Å². The highest BCUT2D eigenvalue weighted by Crippen LogP contribution is 2.29. The van der Waals surface area contributed by atoms with Crippen LogP contribution in [0, 0.1) is 0 Å². The number of urea groups is 1. The monoisotopic (exact) mass is 445 g/mol. The number of amides is 2. The van der Waals surface area contributed by atoms with Gasteiger partial charge < -0.3 is 24.3 Å². The lowest BCUT2D eigenvalue weighted by atomic mass is 10.1. The summed E-state index contributed by atoms with van der Waals surface area (Å²) in [7, 11) is -0.880. The molecule has 0 spiro atoms. The third-order valence-corrected chi connectivity index (χ3v) is 5.29. The van der Waals surface area contributed by atoms with Gasteiger partial charge in [0.15, 0.2) is 0 Å². The largest absolute Gasteiger partial charge is 0.497 e. The molecule has 3 N–H and O–H groups in total. The first kappa shape index (κ1) is 22.2. The maximum atomic E-state index is 12.6. The number of anilines is 2. The Morgan fingerprint density at radius 1 is 0.903 bits per heavy atom. The fourth-order valence-electron chi connectivity index (χ4n) is 2.91. The van der Waals surface area contributed by atoms with Crippen molar-refractivity contribution in [2.75, 3.05) is 31.4 Å². The second kappa shape index (κ2) is 9.54. The van der Waals surface area contributed by atoms with E-state index in [2.05, 4.69) is 15.4 Å². The van der Waals surface area contributed by atoms with Gasteiger partial charge in [-0.3, -0.25) is 0 Å². The molecule has 0 atom stereocenters. The van der Waals surface area contributed by atoms with Crippen molar-refractivity contribution in [1.29, 1.82) is 0 Å². The van der Waals surface area contributed by atoms with Crippen molar-refractivity contribution in [3.8, 4) is 17.2 Å². The van der Waals surface area contributed by atoms with Gasteiger partial charge in [-0.1, -0.05) is 25.1 Å². The summed E-state index contributed by atoms with van der Waals surface area (Å²) in [4.78, 5) is 12.6. The van der Waals surface area contributed by atoms with Crippen molar-refractivity contribution in [3.63, 3.8) is 0 Å². The zero-order valence-electron chi connectivity index (χ0n) is 17.3. The van der Waals surface area contributed by atoms with E-state index in [1.54, 1.807) is 55.5 Å². The lowest BCUT2D eigenvalue weighted by molar-refractivity contribution is 0.262. The number of carbonyl (C=O) groups is 1. The quantitative estimate of drug-likeness (QED) is 0.487. The molecule has 0 unspecified atom stereocenters. The van der Waals surface area contributed by atoms with Gasteiger partial charge >= 0.3 is 16.3 Å². The molecule has 0 aromatic heterocycles. The molecule has 3 aromatic carbocycles. The molecule has 0 saturated carbocycles. The molecule has 0 heterocycles. The van der Waals surface area contributed by atoms with Crippen LogP contribution in [0.5, 0.6) is 17.2 Å². The van der Waals surface area contributed by atoms with Crippen LogP contribution in [0.25, 0.3) is 10.8 Å². The highest BCUT2D eigenvalue weighted by molar-refractivity contribution is 7.85. The molecule has 3 aromatic rings. The Morgan fingerprint density at radius 2 is 1.61 bits per heavy atom. The Kier molecular flexibility index (Phi) is 6.83. The first-order valence-electron chi connectivity index (χ1n) is 9.36. The molecule has 0 saturated heterocycles. The van der Waals surface area contributed by atoms with Crippen molar-refractivity contribution in [2.45, 2.75) is 6.92 Å². The molecule has 164 valence electrons. The van der Waals surface area contributed by atoms with Crippen LogP contribution in [-0.4, -0.2) is 35.2 Å². The summed E-state index contributed by atoms with van der Waals surface area (Å²) < 4.78 is 41.5. The van der Waals surface area contributed by atoms with Crippen molar-refractivity contribution >= 4 is 38.5 Å². The van der Waals surface area contributed by atoms with E-state index in [4.69, 9.17) is 13.7 Å². The maximum absolute atomic E-state index is 12.6. The average Bonchev–Trinajstić information content (AvgIpc) is 2.73. The van der Waals surface area contributed by atoms with E-state index in [1.807, 2.05) is 6.07 Å². The number of fused-ring (bicyclic) bond motifs is 1. The number of nitrogens with one attached hydrogen (secondary N) is 3. The van der Waals surface area contributed by atoms with Gasteiger partial charge in [0, 0.05) is 35.8 Å². The fraction of sp³-hybridized carbons (Fsp3) is 0.190. The lowest BCUT2D eigenvalue weighted by Crippen LogP contribution is -2.27. The first-order valence-corrected chi connectivity index (χ1v) is 10.8. The van der Waals surface area contributed by atoms with Crippen LogP contribution in [0.3, 0.4) is 0 Å². The van der Waals surface area contributed by atoms with Gasteiger partial charge in [0.1, 0.15) is 17.2 Å². The van der Waals surface area contributed by atoms with E-state index in [0.717, 1.165) is 5.39 Å². The molecule has 0 fully saturated rings. The van der Waals surface area contributed by atoms with Gasteiger partial charge in [0.2, 0.25) is 0 Å². The van der Waals surface area contributed by atoms with Gasteiger partial charge in [-0.05, 0) is 23.6 Å². The highest BCUT2D eigenvalue weighted by atomic mass is 32.2. The highest BCUT2D eigenvalue weighted by Gasteiger charge is 2.13. The molecule has 31 heavy (non-hydrogen) atoms. The number of carbonyl (C=O) groups excluding carboxylic acids is 1. The Balaban J connectivity index is 1.84. The first-order chi connectivity index (χ1) is 14.8. The smallest absolute Gasteiger partial charge is 0.382 e. The normalized spacial score (nSPS) is 11.1. The number of methoxy groups -OCH3 is 2. The van der Waals surface area contributed by atoms with E-state index in [9.17, 15) is 13.2 Å². The predicted octanol–water partition coefficient (Wildman–Crippen LogP) is 3.73. The van der Waals surface area contributed by atoms with E-state index in [1.165, 1.54) is 14.2 Å². The van der Waals surface area contributed by atoms with Crippen molar-refractivity contribution in [1.82, 2.24) is 4.72 Å². The summed E-state index contributed by atoms with van der Waals surface area (Å²) >= 11 is 0. The minimum atomic E-state index is -3.92. The third kappa shape index (κ3) is 5.77. The number of hydrogen-bond acceptors (Lipinski definition) is 6. The Morgan fingerprint density at radius 3 is 2.26 bits per heavy atom. The fourth-order valence-corrected chi connectivity index (χ4v) is 3.68. The summed E-state index contributed by atoms with van der Waals surface area (Å²) in [5.74, 6) is 1.19. The standard InChI is InChI=1S/C21H23N3O6S/c1-4-22-31(26,27)30-16-9-8-14-6-5-7-20(19(14)13-16)24-21(25)23-15-10-17(28-2)12-18(11-15)29-3/h5-13,22H,4H2,1-3H3,(H2,23,24,25). The van der Waals surface area contributed by atoms with Crippen LogP contribution in [0.15, 0.2) is 54.6 Å². The minimum Gasteiger partial charge on any atom is -0.497 e. The third-order valence-electron chi connectivity index (χ3n) is 4.24. The van der Waals surface area contributed by atoms with E-state index >= 15 is 0 Å². The summed E-state index contributed by atoms with van der Waals surface area (Å²) in [6.45, 7) is 1.86. The molecule has 2 amide bonds. The SMILES string of the molecule is CCNS(=O)(=O)Oc1ccc2cccc(NC(=O)Nc3cc(OC)cc(OC)c3)c2c1. The van der Waals surface area contributed by atoms with Gasteiger partial charge in [-0.2, -0.15) is 13.1 Å². The van der Waals surface area contributed by atoms with E-state index in [-0.39, 0.29) is 12.3 Å². The molecule has 0 radical (unpaired) electrons. The summed E-state index contributed by atoms with van der Waals surface area (Å²) in [5, 5.41) is 6.91. The maximum Gasteiger partial charge on any atom is 0.382 e. The molecule has 9 nitrogen and oxygen atoms in total. The van der Waals surface area contributed by atoms with Crippen LogP contribution in [-0.2, 0) is 10.3 Å². The molecule has 0 aliphatic rings. The Hall–Kier alpha value is -3.50. The summed E-state index contributed by atoms with van der Waals surface area (Å²) in [5.41, 5.74) is 0.964. The lowest BCUT2D eigenvalue weighted by Gasteiger charge is -2.13. The number of ether oxygens (including phenoxy) is 2. The van der Waals surface area contributed by atoms with Crippen LogP contribution in [0.1, 0.15) is 6.92 Å². The zero-order chi connectivity index (χ0) is 22.4. The molecular formula is C21H23N3O6S. The molecular weight excluding hydrogens is 422 g/mol. The van der Waals surface area contributed by atoms with Gasteiger partial charge in [-0.15, -0.1) is 0 Å². The summed E-state index contributed by atoms with van der Waals surface area (Å²) in [6, 6.07) is 14.6. The zero-order valence-corrected chi connectivity index (χ0v) is 18.1. The van der Waals surface area contributed by atoms with Crippen molar-refractivity contribution < 1.29 is 26.9 Å². The predicted molar refractivity (Wildman–Crippen MR) is 119 cm³/mol. The van der Waals surface area contributed by atoms with Crippen molar-refractivity contribution in [3.05, 3.63) is 54.6 Å². The molecule has 0 aliphatic heterocycles. The van der Waals surface area contributed by atoms with Gasteiger partial charge in [0.25, 0.3) is 0 Å². The number of hydrogen-bond donors (Lipinski definition) is 3. The van der Waals surface area contributed by atoms with Gasteiger partial charge in [-0.25, -0.2) is 4.79 Å². The van der Waals surface area contributed by atoms with Crippen molar-refractivity contribution in [2.24, 2.45) is 0 Å². The second-order valence-electron chi connectivity index (χ2n) is 6.40. The molecule has 0 aliphatic carbocycles. The minimum absolute atomic E-state index is 0.126. The second-order valence-corrected chi connectivity index (χ2v) is 7.77. The molecule has 0 bridgehead atoms. The molecule has 3 rings (SSSR count). The Bertz CT molecular complexity index is 1170. The number of benzene rings is 3. The topological polar surface area (TPSA) is 115 Å². The molecule has 10 heteroatoms. The van der Waals surface area contributed by atoms with Crippen LogP contribution >= 0.6 is 0 Å². The summed E-state index contributed by atoms with van der Waals surface area (Å²) in [6.07, 6.45) is 0. The van der Waals surface area contributed by atoms with Gasteiger partial charge in [0.05, 0.1) is 19.9 Å². The van der Waals surface area contributed by atoms with Crippen LogP contribution in [0.4, 0.5) is 16.2 Å².